The molecule has 2 saturated heterocycles. The fourth-order valence-corrected chi connectivity index (χ4v) is 3.59. The van der Waals surface area contributed by atoms with Crippen LogP contribution in [0.2, 0.25) is 0 Å². The Labute approximate surface area is 126 Å². The van der Waals surface area contributed by atoms with Gasteiger partial charge in [-0.05, 0) is 49.8 Å². The average molecular weight is 288 g/mol. The van der Waals surface area contributed by atoms with E-state index >= 15 is 0 Å². The van der Waals surface area contributed by atoms with E-state index in [0.717, 1.165) is 32.5 Å². The first-order chi connectivity index (χ1) is 10.2. The van der Waals surface area contributed by atoms with Crippen molar-refractivity contribution in [3.8, 4) is 0 Å². The van der Waals surface area contributed by atoms with Crippen molar-refractivity contribution in [3.05, 3.63) is 35.4 Å². The molecule has 0 spiro atoms. The lowest BCUT2D eigenvalue weighted by Gasteiger charge is -2.34. The van der Waals surface area contributed by atoms with Gasteiger partial charge >= 0.3 is 0 Å². The summed E-state index contributed by atoms with van der Waals surface area (Å²) in [5, 5.41) is 13.0. The van der Waals surface area contributed by atoms with Crippen LogP contribution in [0.15, 0.2) is 24.3 Å². The van der Waals surface area contributed by atoms with E-state index in [1.807, 2.05) is 4.90 Å². The smallest absolute Gasteiger partial charge is 0.242 e. The van der Waals surface area contributed by atoms with Gasteiger partial charge < -0.3 is 15.3 Å². The molecule has 2 aliphatic heterocycles. The Kier molecular flexibility index (Phi) is 4.27. The van der Waals surface area contributed by atoms with Crippen molar-refractivity contribution in [2.75, 3.05) is 19.6 Å². The van der Waals surface area contributed by atoms with E-state index < -0.39 is 6.10 Å². The van der Waals surface area contributed by atoms with Gasteiger partial charge in [0, 0.05) is 13.1 Å². The van der Waals surface area contributed by atoms with Crippen LogP contribution in [0.5, 0.6) is 0 Å². The molecule has 0 radical (unpaired) electrons. The van der Waals surface area contributed by atoms with Gasteiger partial charge in [0.05, 0.1) is 6.10 Å². The minimum absolute atomic E-state index is 0.0724. The molecule has 0 aliphatic carbocycles. The zero-order valence-electron chi connectivity index (χ0n) is 12.6. The number of rotatable bonds is 2. The molecule has 1 aromatic carbocycles. The molecule has 1 unspecified atom stereocenters. The predicted molar refractivity (Wildman–Crippen MR) is 82.1 cm³/mol. The predicted octanol–water partition coefficient (Wildman–Crippen LogP) is 1.42. The van der Waals surface area contributed by atoms with Crippen LogP contribution in [0.3, 0.4) is 0 Å². The Morgan fingerprint density at radius 2 is 1.95 bits per heavy atom. The molecule has 0 aromatic heterocycles. The molecule has 2 aliphatic rings. The molecular formula is C17H24N2O2. The van der Waals surface area contributed by atoms with Gasteiger partial charge in [-0.2, -0.15) is 0 Å². The molecule has 4 heteroatoms. The van der Waals surface area contributed by atoms with Crippen LogP contribution in [-0.4, -0.2) is 47.7 Å². The average Bonchev–Trinajstić information content (AvgIpc) is 2.93. The molecule has 0 bridgehead atoms. The number of nitrogens with zero attached hydrogens (tertiary/aromatic N) is 1. The van der Waals surface area contributed by atoms with Gasteiger partial charge in [-0.3, -0.25) is 4.79 Å². The van der Waals surface area contributed by atoms with Crippen LogP contribution >= 0.6 is 0 Å². The number of likely N-dealkylation sites (tertiary alicyclic amines) is 1. The summed E-state index contributed by atoms with van der Waals surface area (Å²) in [4.78, 5) is 14.3. The molecule has 1 aromatic rings. The number of aliphatic hydroxyl groups is 1. The van der Waals surface area contributed by atoms with Crippen molar-refractivity contribution in [2.24, 2.45) is 0 Å². The van der Waals surface area contributed by atoms with Crippen molar-refractivity contribution in [1.29, 1.82) is 0 Å². The minimum atomic E-state index is -0.522. The highest BCUT2D eigenvalue weighted by molar-refractivity contribution is 5.83. The summed E-state index contributed by atoms with van der Waals surface area (Å²) in [6.07, 6.45) is 2.18. The molecular weight excluding hydrogens is 264 g/mol. The Morgan fingerprint density at radius 3 is 2.57 bits per heavy atom. The summed E-state index contributed by atoms with van der Waals surface area (Å²) < 4.78 is 0. The van der Waals surface area contributed by atoms with E-state index in [0.29, 0.717) is 12.3 Å². The summed E-state index contributed by atoms with van der Waals surface area (Å²) in [6.45, 7) is 4.48. The second-order valence-corrected chi connectivity index (χ2v) is 6.24. The highest BCUT2D eigenvalue weighted by Gasteiger charge is 2.35. The number of aliphatic hydroxyl groups excluding tert-OH is 1. The van der Waals surface area contributed by atoms with Gasteiger partial charge in [0.25, 0.3) is 0 Å². The number of piperidine rings is 1. The maximum atomic E-state index is 12.4. The zero-order valence-corrected chi connectivity index (χ0v) is 12.6. The maximum Gasteiger partial charge on any atom is 0.242 e. The Balaban J connectivity index is 1.60. The summed E-state index contributed by atoms with van der Waals surface area (Å²) >= 11 is 0. The monoisotopic (exact) mass is 288 g/mol. The van der Waals surface area contributed by atoms with Crippen LogP contribution in [-0.2, 0) is 4.79 Å². The van der Waals surface area contributed by atoms with Crippen molar-refractivity contribution in [2.45, 2.75) is 44.2 Å². The van der Waals surface area contributed by atoms with Crippen molar-refractivity contribution < 1.29 is 9.90 Å². The van der Waals surface area contributed by atoms with Gasteiger partial charge in [-0.15, -0.1) is 0 Å². The van der Waals surface area contributed by atoms with Crippen molar-refractivity contribution >= 4 is 5.91 Å². The van der Waals surface area contributed by atoms with Gasteiger partial charge in [0.15, 0.2) is 0 Å². The molecule has 21 heavy (non-hydrogen) atoms. The van der Waals surface area contributed by atoms with Crippen LogP contribution in [0.25, 0.3) is 0 Å². The lowest BCUT2D eigenvalue weighted by molar-refractivity contribution is -0.136. The van der Waals surface area contributed by atoms with E-state index in [1.165, 1.54) is 11.1 Å². The van der Waals surface area contributed by atoms with E-state index in [9.17, 15) is 9.90 Å². The number of benzene rings is 1. The fraction of sp³-hybridized carbons (Fsp3) is 0.588. The molecule has 2 fully saturated rings. The largest absolute Gasteiger partial charge is 0.391 e. The van der Waals surface area contributed by atoms with Gasteiger partial charge in [0.2, 0.25) is 5.91 Å². The third kappa shape index (κ3) is 2.97. The molecule has 1 amide bonds. The van der Waals surface area contributed by atoms with E-state index in [1.54, 1.807) is 0 Å². The van der Waals surface area contributed by atoms with E-state index in [2.05, 4.69) is 36.5 Å². The summed E-state index contributed by atoms with van der Waals surface area (Å²) in [7, 11) is 0. The first-order valence-corrected chi connectivity index (χ1v) is 7.92. The highest BCUT2D eigenvalue weighted by Crippen LogP contribution is 2.30. The number of hydrogen-bond acceptors (Lipinski definition) is 3. The molecule has 114 valence electrons. The number of hydrogen-bond donors (Lipinski definition) is 2. The second kappa shape index (κ2) is 6.16. The number of nitrogens with one attached hydrogen (secondary N) is 1. The maximum absolute atomic E-state index is 12.4. The lowest BCUT2D eigenvalue weighted by Crippen LogP contribution is -2.50. The molecule has 2 N–H and O–H groups in total. The first kappa shape index (κ1) is 14.5. The van der Waals surface area contributed by atoms with Crippen LogP contribution in [0.1, 0.15) is 36.3 Å². The topological polar surface area (TPSA) is 52.6 Å². The zero-order chi connectivity index (χ0) is 14.8. The lowest BCUT2D eigenvalue weighted by atomic mass is 9.86. The third-order valence-electron chi connectivity index (χ3n) is 4.89. The Morgan fingerprint density at radius 1 is 1.24 bits per heavy atom. The van der Waals surface area contributed by atoms with Crippen molar-refractivity contribution in [1.82, 2.24) is 10.2 Å². The van der Waals surface area contributed by atoms with Gasteiger partial charge in [0.1, 0.15) is 6.04 Å². The molecule has 3 rings (SSSR count). The molecule has 2 atom stereocenters. The number of aryl methyl sites for hydroxylation is 1. The Hall–Kier alpha value is -1.39. The summed E-state index contributed by atoms with van der Waals surface area (Å²) in [5.41, 5.74) is 2.76. The number of carbonyl (C=O) groups is 1. The quantitative estimate of drug-likeness (QED) is 0.865. The summed E-state index contributed by atoms with van der Waals surface area (Å²) in [6, 6.07) is 8.15. The molecule has 2 heterocycles. The third-order valence-corrected chi connectivity index (χ3v) is 4.89. The van der Waals surface area contributed by atoms with Crippen molar-refractivity contribution in [3.63, 3.8) is 0 Å². The standard InChI is InChI=1S/C17H24N2O2/c1-12-4-2-3-5-14(12)13-7-10-19(11-8-13)17(21)16-15(20)6-9-18-16/h2-5,13,15-16,18,20H,6-11H2,1H3/t15-,16?/m0/s1. The SMILES string of the molecule is Cc1ccccc1C1CCN(C(=O)C2NCC[C@@H]2O)CC1. The second-order valence-electron chi connectivity index (χ2n) is 6.24. The first-order valence-electron chi connectivity index (χ1n) is 7.92. The summed E-state index contributed by atoms with van der Waals surface area (Å²) in [5.74, 6) is 0.625. The fourth-order valence-electron chi connectivity index (χ4n) is 3.59. The molecule has 0 saturated carbocycles. The van der Waals surface area contributed by atoms with Gasteiger partial charge in [-0.1, -0.05) is 24.3 Å². The van der Waals surface area contributed by atoms with Crippen LogP contribution < -0.4 is 5.32 Å². The number of amides is 1. The molecule has 4 nitrogen and oxygen atoms in total. The van der Waals surface area contributed by atoms with Gasteiger partial charge in [-0.25, -0.2) is 0 Å². The Bertz CT molecular complexity index is 509. The van der Waals surface area contributed by atoms with Crippen LogP contribution in [0.4, 0.5) is 0 Å². The van der Waals surface area contributed by atoms with Crippen LogP contribution in [0, 0.1) is 6.92 Å². The number of carbonyl (C=O) groups excluding carboxylic acids is 1. The highest BCUT2D eigenvalue weighted by atomic mass is 16.3. The van der Waals surface area contributed by atoms with E-state index in [4.69, 9.17) is 0 Å². The normalized spacial score (nSPS) is 27.0. The minimum Gasteiger partial charge on any atom is -0.391 e. The van der Waals surface area contributed by atoms with E-state index in [-0.39, 0.29) is 11.9 Å².